The second-order valence-electron chi connectivity index (χ2n) is 2.37. The van der Waals surface area contributed by atoms with E-state index in [2.05, 4.69) is 0 Å². The third-order valence-corrected chi connectivity index (χ3v) is 1.31. The van der Waals surface area contributed by atoms with Crippen LogP contribution in [0.5, 0.6) is 0 Å². The molecule has 0 spiro atoms. The largest absolute Gasteiger partial charge is 0.475 e. The summed E-state index contributed by atoms with van der Waals surface area (Å²) in [5.41, 5.74) is 0.752. The van der Waals surface area contributed by atoms with E-state index in [4.69, 9.17) is 9.52 Å². The standard InChI is InChI=1S/C7H9NO3/c1-8(2)5-3-6(7(9)10)11-4-5/h3-4H,1-2H3,(H,9,10). The van der Waals surface area contributed by atoms with Gasteiger partial charge in [-0.2, -0.15) is 0 Å². The van der Waals surface area contributed by atoms with E-state index in [-0.39, 0.29) is 5.76 Å². The van der Waals surface area contributed by atoms with Gasteiger partial charge in [0.25, 0.3) is 0 Å². The van der Waals surface area contributed by atoms with Crippen LogP contribution in [0.4, 0.5) is 5.69 Å². The first-order chi connectivity index (χ1) is 5.11. The predicted molar refractivity (Wildman–Crippen MR) is 40.0 cm³/mol. The van der Waals surface area contributed by atoms with Gasteiger partial charge in [-0.15, -0.1) is 0 Å². The molecule has 0 saturated heterocycles. The number of furan rings is 1. The average molecular weight is 155 g/mol. The molecule has 0 bridgehead atoms. The second kappa shape index (κ2) is 2.65. The maximum absolute atomic E-state index is 10.3. The highest BCUT2D eigenvalue weighted by molar-refractivity contribution is 5.85. The first-order valence-electron chi connectivity index (χ1n) is 3.10. The lowest BCUT2D eigenvalue weighted by Gasteiger charge is -2.05. The molecule has 1 N–H and O–H groups in total. The van der Waals surface area contributed by atoms with Crippen LogP contribution in [0, 0.1) is 0 Å². The number of aromatic carboxylic acids is 1. The van der Waals surface area contributed by atoms with Crippen molar-refractivity contribution in [2.24, 2.45) is 0 Å². The molecular formula is C7H9NO3. The molecule has 0 aliphatic rings. The van der Waals surface area contributed by atoms with Crippen molar-refractivity contribution in [3.8, 4) is 0 Å². The summed E-state index contributed by atoms with van der Waals surface area (Å²) < 4.78 is 4.75. The Hall–Kier alpha value is -1.45. The summed E-state index contributed by atoms with van der Waals surface area (Å²) in [6.45, 7) is 0. The van der Waals surface area contributed by atoms with Gasteiger partial charge >= 0.3 is 5.97 Å². The molecule has 0 saturated carbocycles. The molecular weight excluding hydrogens is 146 g/mol. The number of anilines is 1. The Morgan fingerprint density at radius 1 is 1.64 bits per heavy atom. The van der Waals surface area contributed by atoms with E-state index in [9.17, 15) is 4.79 Å². The lowest BCUT2D eigenvalue weighted by atomic mass is 10.4. The van der Waals surface area contributed by atoms with Crippen molar-refractivity contribution in [3.63, 3.8) is 0 Å². The summed E-state index contributed by atoms with van der Waals surface area (Å²) in [6.07, 6.45) is 1.41. The minimum absolute atomic E-state index is 0.0336. The Labute approximate surface area is 64.0 Å². The fraction of sp³-hybridized carbons (Fsp3) is 0.286. The van der Waals surface area contributed by atoms with Crippen molar-refractivity contribution in [2.75, 3.05) is 19.0 Å². The molecule has 4 heteroatoms. The number of hydrogen-bond acceptors (Lipinski definition) is 3. The zero-order valence-electron chi connectivity index (χ0n) is 6.37. The summed E-state index contributed by atoms with van der Waals surface area (Å²) in [5.74, 6) is -1.08. The van der Waals surface area contributed by atoms with E-state index in [1.165, 1.54) is 12.3 Å². The Morgan fingerprint density at radius 2 is 2.27 bits per heavy atom. The molecule has 1 rings (SSSR count). The Bertz CT molecular complexity index is 264. The van der Waals surface area contributed by atoms with E-state index in [1.54, 1.807) is 4.90 Å². The summed E-state index contributed by atoms with van der Waals surface area (Å²) >= 11 is 0. The van der Waals surface area contributed by atoms with Crippen LogP contribution in [0.1, 0.15) is 10.6 Å². The first kappa shape index (κ1) is 7.65. The average Bonchev–Trinajstić information content (AvgIpc) is 2.33. The normalized spacial score (nSPS) is 9.64. The highest BCUT2D eigenvalue weighted by atomic mass is 16.4. The highest BCUT2D eigenvalue weighted by Crippen LogP contribution is 2.15. The van der Waals surface area contributed by atoms with Crippen LogP contribution in [-0.2, 0) is 0 Å². The van der Waals surface area contributed by atoms with Gasteiger partial charge in [0.2, 0.25) is 5.76 Å². The summed E-state index contributed by atoms with van der Waals surface area (Å²) in [6, 6.07) is 1.47. The van der Waals surface area contributed by atoms with Crippen LogP contribution in [0.3, 0.4) is 0 Å². The third-order valence-electron chi connectivity index (χ3n) is 1.31. The maximum Gasteiger partial charge on any atom is 0.371 e. The summed E-state index contributed by atoms with van der Waals surface area (Å²) in [7, 11) is 3.63. The molecule has 0 fully saturated rings. The zero-order chi connectivity index (χ0) is 8.43. The van der Waals surface area contributed by atoms with Crippen molar-refractivity contribution in [1.82, 2.24) is 0 Å². The number of carbonyl (C=O) groups is 1. The molecule has 4 nitrogen and oxygen atoms in total. The van der Waals surface area contributed by atoms with Crippen LogP contribution >= 0.6 is 0 Å². The SMILES string of the molecule is CN(C)c1coc(C(=O)O)c1. The smallest absolute Gasteiger partial charge is 0.371 e. The van der Waals surface area contributed by atoms with E-state index in [0.717, 1.165) is 5.69 Å². The first-order valence-corrected chi connectivity index (χ1v) is 3.10. The van der Waals surface area contributed by atoms with E-state index < -0.39 is 5.97 Å². The quantitative estimate of drug-likeness (QED) is 0.693. The van der Waals surface area contributed by atoms with Gasteiger partial charge in [0, 0.05) is 20.2 Å². The van der Waals surface area contributed by atoms with Crippen LogP contribution in [0.15, 0.2) is 16.7 Å². The number of carboxylic acids is 1. The van der Waals surface area contributed by atoms with Crippen LogP contribution in [0.25, 0.3) is 0 Å². The molecule has 1 aromatic rings. The van der Waals surface area contributed by atoms with Crippen molar-refractivity contribution >= 4 is 11.7 Å². The predicted octanol–water partition coefficient (Wildman–Crippen LogP) is 1.04. The minimum Gasteiger partial charge on any atom is -0.475 e. The van der Waals surface area contributed by atoms with Crippen LogP contribution in [0.2, 0.25) is 0 Å². The van der Waals surface area contributed by atoms with Gasteiger partial charge in [0.1, 0.15) is 6.26 Å². The number of carboxylic acid groups (broad SMARTS) is 1. The molecule has 1 heterocycles. The lowest BCUT2D eigenvalue weighted by Crippen LogP contribution is -2.07. The van der Waals surface area contributed by atoms with Gasteiger partial charge in [-0.05, 0) is 0 Å². The molecule has 0 aliphatic carbocycles. The van der Waals surface area contributed by atoms with Gasteiger partial charge in [-0.3, -0.25) is 0 Å². The van der Waals surface area contributed by atoms with Gasteiger partial charge in [0.05, 0.1) is 5.69 Å². The Morgan fingerprint density at radius 3 is 2.55 bits per heavy atom. The van der Waals surface area contributed by atoms with E-state index >= 15 is 0 Å². The number of rotatable bonds is 2. The van der Waals surface area contributed by atoms with Crippen LogP contribution < -0.4 is 4.90 Å². The van der Waals surface area contributed by atoms with Crippen molar-refractivity contribution in [2.45, 2.75) is 0 Å². The third kappa shape index (κ3) is 1.52. The second-order valence-corrected chi connectivity index (χ2v) is 2.37. The van der Waals surface area contributed by atoms with Crippen molar-refractivity contribution in [1.29, 1.82) is 0 Å². The van der Waals surface area contributed by atoms with Crippen molar-refractivity contribution in [3.05, 3.63) is 18.1 Å². The summed E-state index contributed by atoms with van der Waals surface area (Å²) in [4.78, 5) is 12.1. The lowest BCUT2D eigenvalue weighted by molar-refractivity contribution is 0.0662. The fourth-order valence-electron chi connectivity index (χ4n) is 0.673. The van der Waals surface area contributed by atoms with Gasteiger partial charge in [-0.1, -0.05) is 0 Å². The Kier molecular flexibility index (Phi) is 1.85. The maximum atomic E-state index is 10.3. The van der Waals surface area contributed by atoms with E-state index in [1.807, 2.05) is 14.1 Å². The summed E-state index contributed by atoms with van der Waals surface area (Å²) in [5, 5.41) is 8.47. The molecule has 0 amide bonds. The number of hydrogen-bond donors (Lipinski definition) is 1. The van der Waals surface area contributed by atoms with Gasteiger partial charge < -0.3 is 14.4 Å². The van der Waals surface area contributed by atoms with Gasteiger partial charge in [0.15, 0.2) is 0 Å². The van der Waals surface area contributed by atoms with Gasteiger partial charge in [-0.25, -0.2) is 4.79 Å². The molecule has 0 unspecified atom stereocenters. The van der Waals surface area contributed by atoms with E-state index in [0.29, 0.717) is 0 Å². The zero-order valence-corrected chi connectivity index (χ0v) is 6.37. The molecule has 0 aromatic carbocycles. The topological polar surface area (TPSA) is 53.7 Å². The Balaban J connectivity index is 2.90. The minimum atomic E-state index is -1.04. The van der Waals surface area contributed by atoms with Crippen molar-refractivity contribution < 1.29 is 14.3 Å². The molecule has 0 radical (unpaired) electrons. The van der Waals surface area contributed by atoms with Crippen LogP contribution in [-0.4, -0.2) is 25.2 Å². The monoisotopic (exact) mass is 155 g/mol. The molecule has 0 aliphatic heterocycles. The molecule has 11 heavy (non-hydrogen) atoms. The molecule has 60 valence electrons. The molecule has 1 aromatic heterocycles. The number of nitrogens with zero attached hydrogens (tertiary/aromatic N) is 1. The fourth-order valence-corrected chi connectivity index (χ4v) is 0.673. The molecule has 0 atom stereocenters. The highest BCUT2D eigenvalue weighted by Gasteiger charge is 2.08.